The average molecular weight is 430 g/mol. The molecule has 0 unspecified atom stereocenters. The van der Waals surface area contributed by atoms with Crippen molar-refractivity contribution < 1.29 is 13.5 Å². The lowest BCUT2D eigenvalue weighted by Gasteiger charge is -2.14. The minimum Gasteiger partial charge on any atom is -0.872 e. The summed E-state index contributed by atoms with van der Waals surface area (Å²) < 4.78 is 29.6. The third-order valence-electron chi connectivity index (χ3n) is 3.49. The van der Waals surface area contributed by atoms with Gasteiger partial charge in [-0.2, -0.15) is 8.42 Å². The Morgan fingerprint density at radius 3 is 2.15 bits per heavy atom. The van der Waals surface area contributed by atoms with Crippen LogP contribution in [-0.2, 0) is 10.0 Å². The normalized spacial score (nSPS) is 12.0. The number of benzene rings is 3. The minimum atomic E-state index is -3.89. The zero-order valence-electron chi connectivity index (χ0n) is 13.5. The monoisotopic (exact) mass is 429 g/mol. The van der Waals surface area contributed by atoms with Gasteiger partial charge in [-0.25, -0.2) is 0 Å². The van der Waals surface area contributed by atoms with Gasteiger partial charge in [0.1, 0.15) is 0 Å². The summed E-state index contributed by atoms with van der Waals surface area (Å²) in [5.74, 6) is 0.00524. The van der Waals surface area contributed by atoms with E-state index in [4.69, 9.17) is 0 Å². The molecule has 1 N–H and O–H groups in total. The maximum Gasteiger partial charge on any atom is 0.284 e. The van der Waals surface area contributed by atoms with E-state index >= 15 is 0 Å². The number of nitrogens with one attached hydrogen (secondary N) is 1. The number of hydrogen-bond acceptors (Lipinski definition) is 3. The second-order valence-electron chi connectivity index (χ2n) is 5.36. The van der Waals surface area contributed by atoms with Gasteiger partial charge in [-0.05, 0) is 24.3 Å². The predicted octanol–water partition coefficient (Wildman–Crippen LogP) is 3.77. The van der Waals surface area contributed by atoms with Crippen LogP contribution in [-0.4, -0.2) is 14.3 Å². The SMILES string of the molecule is O=S(=O)(N=C(Nc1ccc([O-])c(Br)c1)c1ccccc1)c1ccccc1. The molecule has 0 fully saturated rings. The Morgan fingerprint density at radius 1 is 0.923 bits per heavy atom. The van der Waals surface area contributed by atoms with Crippen LogP contribution in [0.2, 0.25) is 0 Å². The van der Waals surface area contributed by atoms with E-state index in [9.17, 15) is 13.5 Å². The number of anilines is 1. The zero-order chi connectivity index (χ0) is 18.6. The molecule has 5 nitrogen and oxygen atoms in total. The summed E-state index contributed by atoms with van der Waals surface area (Å²) in [6.45, 7) is 0. The molecule has 0 aliphatic heterocycles. The molecule has 26 heavy (non-hydrogen) atoms. The van der Waals surface area contributed by atoms with E-state index in [0.29, 0.717) is 15.7 Å². The molecule has 0 aliphatic carbocycles. The van der Waals surface area contributed by atoms with Crippen LogP contribution < -0.4 is 10.4 Å². The summed E-state index contributed by atoms with van der Waals surface area (Å²) in [5.41, 5.74) is 1.15. The van der Waals surface area contributed by atoms with Crippen molar-refractivity contribution >= 4 is 37.5 Å². The smallest absolute Gasteiger partial charge is 0.284 e. The summed E-state index contributed by atoms with van der Waals surface area (Å²) in [6.07, 6.45) is 0. The van der Waals surface area contributed by atoms with Gasteiger partial charge in [-0.15, -0.1) is 4.40 Å². The highest BCUT2D eigenvalue weighted by Crippen LogP contribution is 2.25. The fourth-order valence-corrected chi connectivity index (χ4v) is 3.60. The molecule has 7 heteroatoms. The molecule has 3 rings (SSSR count). The molecular formula is C19H14BrN2O3S-. The number of halogens is 1. The van der Waals surface area contributed by atoms with Gasteiger partial charge < -0.3 is 10.4 Å². The quantitative estimate of drug-likeness (QED) is 0.505. The summed E-state index contributed by atoms with van der Waals surface area (Å²) in [5, 5.41) is 14.5. The maximum absolute atomic E-state index is 12.6. The molecule has 3 aromatic rings. The zero-order valence-corrected chi connectivity index (χ0v) is 15.9. The topological polar surface area (TPSA) is 81.6 Å². The van der Waals surface area contributed by atoms with Crippen molar-refractivity contribution in [1.29, 1.82) is 0 Å². The van der Waals surface area contributed by atoms with Crippen molar-refractivity contribution in [3.63, 3.8) is 0 Å². The van der Waals surface area contributed by atoms with Crippen LogP contribution >= 0.6 is 15.9 Å². The van der Waals surface area contributed by atoms with Gasteiger partial charge >= 0.3 is 0 Å². The van der Waals surface area contributed by atoms with Crippen molar-refractivity contribution in [2.75, 3.05) is 5.32 Å². The van der Waals surface area contributed by atoms with Gasteiger partial charge in [0.15, 0.2) is 5.84 Å². The number of rotatable bonds is 4. The van der Waals surface area contributed by atoms with E-state index in [1.54, 1.807) is 54.6 Å². The molecule has 0 saturated heterocycles. The van der Waals surface area contributed by atoms with E-state index < -0.39 is 10.0 Å². The van der Waals surface area contributed by atoms with Crippen LogP contribution in [0.15, 0.2) is 92.6 Å². The van der Waals surface area contributed by atoms with Crippen molar-refractivity contribution in [2.45, 2.75) is 4.90 Å². The highest BCUT2D eigenvalue weighted by atomic mass is 79.9. The second kappa shape index (κ2) is 7.72. The molecule has 0 aromatic heterocycles. The molecule has 0 spiro atoms. The van der Waals surface area contributed by atoms with Gasteiger partial charge in [0.25, 0.3) is 10.0 Å². The maximum atomic E-state index is 12.6. The Balaban J connectivity index is 2.05. The van der Waals surface area contributed by atoms with E-state index in [1.165, 1.54) is 18.2 Å². The number of amidine groups is 1. The van der Waals surface area contributed by atoms with Gasteiger partial charge in [-0.3, -0.25) is 0 Å². The molecule has 0 heterocycles. The first-order chi connectivity index (χ1) is 12.5. The van der Waals surface area contributed by atoms with E-state index in [1.807, 2.05) is 6.07 Å². The molecule has 0 bridgehead atoms. The molecule has 0 aliphatic rings. The first-order valence-corrected chi connectivity index (χ1v) is 9.88. The number of nitrogens with zero attached hydrogens (tertiary/aromatic N) is 1. The Kier molecular flexibility index (Phi) is 5.39. The molecule has 132 valence electrons. The summed E-state index contributed by atoms with van der Waals surface area (Å²) in [6, 6.07) is 21.5. The third-order valence-corrected chi connectivity index (χ3v) is 5.40. The largest absolute Gasteiger partial charge is 0.872 e. The second-order valence-corrected chi connectivity index (χ2v) is 7.82. The van der Waals surface area contributed by atoms with Crippen LogP contribution in [0.25, 0.3) is 0 Å². The fourth-order valence-electron chi connectivity index (χ4n) is 2.22. The standard InChI is InChI=1S/C19H15BrN2O3S/c20-17-13-15(11-12-18(17)23)21-19(14-7-3-1-4-8-14)22-26(24,25)16-9-5-2-6-10-16/h1-13,23H,(H,21,22)/p-1. The van der Waals surface area contributed by atoms with Crippen molar-refractivity contribution in [3.05, 3.63) is 88.9 Å². The van der Waals surface area contributed by atoms with Crippen LogP contribution in [0.4, 0.5) is 5.69 Å². The Hall–Kier alpha value is -2.64. The lowest BCUT2D eigenvalue weighted by molar-refractivity contribution is -0.269. The predicted molar refractivity (Wildman–Crippen MR) is 104 cm³/mol. The van der Waals surface area contributed by atoms with Gasteiger partial charge in [-0.1, -0.05) is 76.3 Å². The van der Waals surface area contributed by atoms with Crippen molar-refractivity contribution in [3.8, 4) is 5.75 Å². The van der Waals surface area contributed by atoms with Crippen LogP contribution in [0.3, 0.4) is 0 Å². The van der Waals surface area contributed by atoms with Crippen molar-refractivity contribution in [1.82, 2.24) is 0 Å². The lowest BCUT2D eigenvalue weighted by atomic mass is 10.2. The Labute approximate surface area is 160 Å². The Bertz CT molecular complexity index is 1040. The molecule has 3 aromatic carbocycles. The summed E-state index contributed by atoms with van der Waals surface area (Å²) in [7, 11) is -3.89. The molecule has 0 atom stereocenters. The highest BCUT2D eigenvalue weighted by molar-refractivity contribution is 9.10. The molecule has 0 saturated carbocycles. The van der Waals surface area contributed by atoms with Gasteiger partial charge in [0, 0.05) is 15.7 Å². The summed E-state index contributed by atoms with van der Waals surface area (Å²) >= 11 is 3.18. The van der Waals surface area contributed by atoms with Crippen LogP contribution in [0.5, 0.6) is 5.75 Å². The number of sulfonamides is 1. The van der Waals surface area contributed by atoms with Gasteiger partial charge in [0.05, 0.1) is 4.90 Å². The van der Waals surface area contributed by atoms with E-state index in [0.717, 1.165) is 0 Å². The van der Waals surface area contributed by atoms with Crippen molar-refractivity contribution in [2.24, 2.45) is 4.40 Å². The Morgan fingerprint density at radius 2 is 1.54 bits per heavy atom. The van der Waals surface area contributed by atoms with E-state index in [2.05, 4.69) is 25.6 Å². The number of hydrogen-bond donors (Lipinski definition) is 1. The fraction of sp³-hybridized carbons (Fsp3) is 0. The average Bonchev–Trinajstić information content (AvgIpc) is 2.65. The van der Waals surface area contributed by atoms with Gasteiger partial charge in [0.2, 0.25) is 0 Å². The first kappa shape index (κ1) is 18.2. The lowest BCUT2D eigenvalue weighted by Crippen LogP contribution is -2.16. The van der Waals surface area contributed by atoms with Crippen LogP contribution in [0, 0.1) is 0 Å². The molecular weight excluding hydrogens is 416 g/mol. The van der Waals surface area contributed by atoms with Crippen LogP contribution in [0.1, 0.15) is 5.56 Å². The minimum absolute atomic E-state index is 0.103. The molecule has 0 amide bonds. The summed E-state index contributed by atoms with van der Waals surface area (Å²) in [4.78, 5) is 0.103. The third kappa shape index (κ3) is 4.30. The van der Waals surface area contributed by atoms with E-state index in [-0.39, 0.29) is 16.5 Å². The molecule has 0 radical (unpaired) electrons. The first-order valence-electron chi connectivity index (χ1n) is 7.65. The highest BCUT2D eigenvalue weighted by Gasteiger charge is 2.15.